The van der Waals surface area contributed by atoms with Crippen LogP contribution >= 0.6 is 0 Å². The van der Waals surface area contributed by atoms with Crippen molar-refractivity contribution in [2.75, 3.05) is 7.11 Å². The third kappa shape index (κ3) is 4.36. The lowest BCUT2D eigenvalue weighted by Gasteiger charge is -2.19. The highest BCUT2D eigenvalue weighted by Gasteiger charge is 2.26. The minimum atomic E-state index is -0.734. The fourth-order valence-corrected chi connectivity index (χ4v) is 2.68. The molecule has 3 N–H and O–H groups in total. The number of rotatable bonds is 7. The van der Waals surface area contributed by atoms with Crippen LogP contribution in [0.1, 0.15) is 43.3 Å². The minimum absolute atomic E-state index is 0.00613. The van der Waals surface area contributed by atoms with Gasteiger partial charge in [0, 0.05) is 12.5 Å². The van der Waals surface area contributed by atoms with E-state index in [1.165, 1.54) is 13.2 Å². The third-order valence-electron chi connectivity index (χ3n) is 3.75. The van der Waals surface area contributed by atoms with Crippen LogP contribution in [0.3, 0.4) is 0 Å². The smallest absolute Gasteiger partial charge is 0.227 e. The van der Waals surface area contributed by atoms with Gasteiger partial charge in [0.1, 0.15) is 5.76 Å². The Bertz CT molecular complexity index is 856. The number of aryl methyl sites for hydroxylation is 1. The number of hydrogen-bond donors (Lipinski definition) is 2. The molecule has 2 aromatic rings. The van der Waals surface area contributed by atoms with Gasteiger partial charge in [0.2, 0.25) is 17.1 Å². The summed E-state index contributed by atoms with van der Waals surface area (Å²) in [5.74, 6) is -0.554. The first kappa shape index (κ1) is 19.4. The van der Waals surface area contributed by atoms with Gasteiger partial charge < -0.3 is 24.7 Å². The second kappa shape index (κ2) is 7.95. The summed E-state index contributed by atoms with van der Waals surface area (Å²) < 4.78 is 16.6. The number of carbonyl (C=O) groups is 1. The van der Waals surface area contributed by atoms with Gasteiger partial charge in [-0.15, -0.1) is 0 Å². The van der Waals surface area contributed by atoms with Gasteiger partial charge in [-0.05, 0) is 38.5 Å². The van der Waals surface area contributed by atoms with E-state index in [2.05, 4.69) is 0 Å². The van der Waals surface area contributed by atoms with Crippen LogP contribution in [0, 0.1) is 6.92 Å². The van der Waals surface area contributed by atoms with E-state index >= 15 is 0 Å². The Labute approximate surface area is 151 Å². The van der Waals surface area contributed by atoms with E-state index < -0.39 is 23.0 Å². The Morgan fingerprint density at radius 1 is 1.27 bits per heavy atom. The molecule has 0 radical (unpaired) electrons. The predicted octanol–water partition coefficient (Wildman–Crippen LogP) is 2.46. The largest absolute Gasteiger partial charge is 0.502 e. The van der Waals surface area contributed by atoms with Gasteiger partial charge in [-0.2, -0.15) is 0 Å². The second-order valence-electron chi connectivity index (χ2n) is 6.23. The molecule has 7 heteroatoms. The first-order chi connectivity index (χ1) is 12.2. The summed E-state index contributed by atoms with van der Waals surface area (Å²) >= 11 is 0. The lowest BCUT2D eigenvalue weighted by Crippen LogP contribution is -2.18. The maximum absolute atomic E-state index is 11.9. The van der Waals surface area contributed by atoms with Crippen molar-refractivity contribution in [3.63, 3.8) is 0 Å². The van der Waals surface area contributed by atoms with Crippen LogP contribution in [0.15, 0.2) is 33.5 Å². The summed E-state index contributed by atoms with van der Waals surface area (Å²) in [6.07, 6.45) is -0.192. The monoisotopic (exact) mass is 361 g/mol. The molecule has 1 heterocycles. The van der Waals surface area contributed by atoms with E-state index in [-0.39, 0.29) is 18.3 Å². The molecule has 0 fully saturated rings. The standard InChI is InChI=1S/C19H23NO6/c1-10(2)25-15-6-5-12(8-16(15)24-4)13(9-17(20)22)19-18(23)14(21)7-11(3)26-19/h5-8,10,13,23H,9H2,1-4H3,(H2,20,22)/t13-/m1/s1. The van der Waals surface area contributed by atoms with Crippen LogP contribution in [0.4, 0.5) is 0 Å². The molecule has 7 nitrogen and oxygen atoms in total. The van der Waals surface area contributed by atoms with E-state index in [0.717, 1.165) is 0 Å². The van der Waals surface area contributed by atoms with E-state index in [0.29, 0.717) is 22.8 Å². The second-order valence-corrected chi connectivity index (χ2v) is 6.23. The quantitative estimate of drug-likeness (QED) is 0.783. The van der Waals surface area contributed by atoms with Crippen molar-refractivity contribution in [2.24, 2.45) is 5.73 Å². The molecule has 0 aliphatic heterocycles. The lowest BCUT2D eigenvalue weighted by atomic mass is 9.91. The van der Waals surface area contributed by atoms with Crippen LogP contribution in [0.25, 0.3) is 0 Å². The zero-order chi connectivity index (χ0) is 19.4. The van der Waals surface area contributed by atoms with Gasteiger partial charge in [-0.1, -0.05) is 6.07 Å². The molecule has 1 aromatic carbocycles. The van der Waals surface area contributed by atoms with E-state index in [9.17, 15) is 14.7 Å². The molecule has 0 saturated heterocycles. The number of carbonyl (C=O) groups excluding carboxylic acids is 1. The average Bonchev–Trinajstić information content (AvgIpc) is 2.56. The van der Waals surface area contributed by atoms with Crippen molar-refractivity contribution in [3.8, 4) is 17.2 Å². The number of ether oxygens (including phenoxy) is 2. The molecule has 0 aliphatic carbocycles. The molecule has 1 atom stereocenters. The zero-order valence-corrected chi connectivity index (χ0v) is 15.2. The van der Waals surface area contributed by atoms with Gasteiger partial charge in [0.15, 0.2) is 17.3 Å². The Kier molecular flexibility index (Phi) is 5.92. The van der Waals surface area contributed by atoms with Crippen molar-refractivity contribution in [3.05, 3.63) is 51.6 Å². The Balaban J connectivity index is 2.58. The van der Waals surface area contributed by atoms with Crippen molar-refractivity contribution in [1.29, 1.82) is 0 Å². The van der Waals surface area contributed by atoms with Crippen molar-refractivity contribution >= 4 is 5.91 Å². The van der Waals surface area contributed by atoms with Gasteiger partial charge >= 0.3 is 0 Å². The number of hydrogen-bond acceptors (Lipinski definition) is 6. The third-order valence-corrected chi connectivity index (χ3v) is 3.75. The Morgan fingerprint density at radius 2 is 1.96 bits per heavy atom. The molecule has 0 aliphatic rings. The Morgan fingerprint density at radius 3 is 2.54 bits per heavy atom. The summed E-state index contributed by atoms with van der Waals surface area (Å²) in [4.78, 5) is 23.5. The zero-order valence-electron chi connectivity index (χ0n) is 15.2. The van der Waals surface area contributed by atoms with E-state index in [1.54, 1.807) is 25.1 Å². The summed E-state index contributed by atoms with van der Waals surface area (Å²) in [5, 5.41) is 10.2. The number of aromatic hydroxyl groups is 1. The van der Waals surface area contributed by atoms with E-state index in [1.807, 2.05) is 13.8 Å². The van der Waals surface area contributed by atoms with Crippen molar-refractivity contribution in [2.45, 2.75) is 39.2 Å². The van der Waals surface area contributed by atoms with Crippen molar-refractivity contribution < 1.29 is 23.8 Å². The number of benzene rings is 1. The first-order valence-electron chi connectivity index (χ1n) is 8.19. The van der Waals surface area contributed by atoms with Gasteiger partial charge in [-0.25, -0.2) is 0 Å². The molecule has 1 aromatic heterocycles. The minimum Gasteiger partial charge on any atom is -0.502 e. The summed E-state index contributed by atoms with van der Waals surface area (Å²) in [5.41, 5.74) is 5.38. The van der Waals surface area contributed by atoms with Crippen LogP contribution in [0.5, 0.6) is 17.2 Å². The van der Waals surface area contributed by atoms with Gasteiger partial charge in [0.25, 0.3) is 0 Å². The Hall–Kier alpha value is -2.96. The van der Waals surface area contributed by atoms with E-state index in [4.69, 9.17) is 19.6 Å². The van der Waals surface area contributed by atoms with Crippen LogP contribution in [0.2, 0.25) is 0 Å². The fraction of sp³-hybridized carbons (Fsp3) is 0.368. The molecule has 0 saturated carbocycles. The predicted molar refractivity (Wildman–Crippen MR) is 95.8 cm³/mol. The normalized spacial score (nSPS) is 12.0. The molecular formula is C19H23NO6. The molecule has 26 heavy (non-hydrogen) atoms. The van der Waals surface area contributed by atoms with Gasteiger partial charge in [-0.3, -0.25) is 9.59 Å². The number of methoxy groups -OCH3 is 1. The fourth-order valence-electron chi connectivity index (χ4n) is 2.68. The first-order valence-corrected chi connectivity index (χ1v) is 8.19. The number of nitrogens with two attached hydrogens (primary N) is 1. The molecule has 2 rings (SSSR count). The topological polar surface area (TPSA) is 112 Å². The number of primary amides is 1. The highest BCUT2D eigenvalue weighted by molar-refractivity contribution is 5.75. The lowest BCUT2D eigenvalue weighted by molar-refractivity contribution is -0.118. The molecule has 1 amide bonds. The molecule has 0 bridgehead atoms. The highest BCUT2D eigenvalue weighted by Crippen LogP contribution is 2.37. The molecule has 140 valence electrons. The maximum Gasteiger partial charge on any atom is 0.227 e. The van der Waals surface area contributed by atoms with Gasteiger partial charge in [0.05, 0.1) is 19.1 Å². The summed E-state index contributed by atoms with van der Waals surface area (Å²) in [6.45, 7) is 5.37. The SMILES string of the molecule is COc1cc([C@@H](CC(N)=O)c2oc(C)cc(=O)c2O)ccc1OC(C)C. The summed E-state index contributed by atoms with van der Waals surface area (Å²) in [7, 11) is 1.50. The average molecular weight is 361 g/mol. The summed E-state index contributed by atoms with van der Waals surface area (Å²) in [6, 6.07) is 6.27. The van der Waals surface area contributed by atoms with Crippen LogP contribution in [-0.2, 0) is 4.79 Å². The molecule has 0 spiro atoms. The van der Waals surface area contributed by atoms with Crippen LogP contribution in [-0.4, -0.2) is 24.2 Å². The van der Waals surface area contributed by atoms with Crippen molar-refractivity contribution in [1.82, 2.24) is 0 Å². The molecular weight excluding hydrogens is 338 g/mol. The van der Waals surface area contributed by atoms with Crippen LogP contribution < -0.4 is 20.6 Å². The maximum atomic E-state index is 11.9. The molecule has 0 unspecified atom stereocenters. The number of amides is 1. The highest BCUT2D eigenvalue weighted by atomic mass is 16.5.